The van der Waals surface area contributed by atoms with E-state index in [9.17, 15) is 19.2 Å². The number of nitrogens with one attached hydrogen (secondary N) is 2. The molecule has 10 heteroatoms. The van der Waals surface area contributed by atoms with Crippen LogP contribution in [0.3, 0.4) is 0 Å². The van der Waals surface area contributed by atoms with Crippen molar-refractivity contribution in [2.75, 3.05) is 0 Å². The van der Waals surface area contributed by atoms with Gasteiger partial charge in [0.15, 0.2) is 0 Å². The standard InChI is InChI=1S/C21H18ClN3O6/c22-15-8-11(4-5-14(15)20(28)25-16(21(29)30)9-18(23)26)19(27)24-10-12-2-1-3-17-13(12)6-7-31-17/h1-8,16H,9-10H2,(H2,23,26)(H,24,27)(H,25,28)(H,29,30)/t16-/m0/s1. The normalized spacial score (nSPS) is 11.6. The lowest BCUT2D eigenvalue weighted by Crippen LogP contribution is -2.43. The average molecular weight is 444 g/mol. The Labute approximate surface area is 181 Å². The second-order valence-corrected chi connectivity index (χ2v) is 7.07. The summed E-state index contributed by atoms with van der Waals surface area (Å²) in [4.78, 5) is 47.0. The Hall–Kier alpha value is -3.85. The number of benzene rings is 2. The number of hydrogen-bond acceptors (Lipinski definition) is 5. The van der Waals surface area contributed by atoms with Gasteiger partial charge >= 0.3 is 5.97 Å². The monoisotopic (exact) mass is 443 g/mol. The number of halogens is 1. The van der Waals surface area contributed by atoms with Crippen LogP contribution in [0.15, 0.2) is 53.1 Å². The van der Waals surface area contributed by atoms with Crippen LogP contribution in [-0.4, -0.2) is 34.8 Å². The highest BCUT2D eigenvalue weighted by atomic mass is 35.5. The Morgan fingerprint density at radius 1 is 1.10 bits per heavy atom. The fraction of sp³-hybridized carbons (Fsp3) is 0.143. The van der Waals surface area contributed by atoms with Crippen LogP contribution in [0.25, 0.3) is 11.0 Å². The van der Waals surface area contributed by atoms with E-state index in [0.29, 0.717) is 5.58 Å². The second kappa shape index (κ2) is 9.31. The summed E-state index contributed by atoms with van der Waals surface area (Å²) in [6.07, 6.45) is 1.00. The SMILES string of the molecule is NC(=O)C[C@H](NC(=O)c1ccc(C(=O)NCc2cccc3occc23)cc1Cl)C(=O)O. The highest BCUT2D eigenvalue weighted by Crippen LogP contribution is 2.21. The lowest BCUT2D eigenvalue weighted by molar-refractivity contribution is -0.140. The van der Waals surface area contributed by atoms with Crippen LogP contribution in [-0.2, 0) is 16.1 Å². The molecule has 0 unspecified atom stereocenters. The zero-order valence-corrected chi connectivity index (χ0v) is 16.8. The van der Waals surface area contributed by atoms with E-state index in [4.69, 9.17) is 26.9 Å². The van der Waals surface area contributed by atoms with Gasteiger partial charge in [-0.1, -0.05) is 23.7 Å². The fourth-order valence-corrected chi connectivity index (χ4v) is 3.23. The van der Waals surface area contributed by atoms with E-state index in [1.807, 2.05) is 24.3 Å². The van der Waals surface area contributed by atoms with Crippen molar-refractivity contribution in [3.05, 3.63) is 70.4 Å². The summed E-state index contributed by atoms with van der Waals surface area (Å²) in [5.41, 5.74) is 6.75. The summed E-state index contributed by atoms with van der Waals surface area (Å²) in [7, 11) is 0. The quantitative estimate of drug-likeness (QED) is 0.418. The minimum absolute atomic E-state index is 0.0443. The van der Waals surface area contributed by atoms with Gasteiger partial charge in [-0.25, -0.2) is 4.79 Å². The maximum atomic E-state index is 12.5. The largest absolute Gasteiger partial charge is 0.480 e. The van der Waals surface area contributed by atoms with Gasteiger partial charge in [0.05, 0.1) is 23.3 Å². The number of primary amides is 1. The van der Waals surface area contributed by atoms with Gasteiger partial charge in [-0.05, 0) is 35.9 Å². The minimum atomic E-state index is -1.49. The first-order chi connectivity index (χ1) is 14.8. The van der Waals surface area contributed by atoms with Crippen molar-refractivity contribution >= 4 is 46.3 Å². The van der Waals surface area contributed by atoms with Crippen LogP contribution >= 0.6 is 11.6 Å². The van der Waals surface area contributed by atoms with Gasteiger partial charge in [-0.15, -0.1) is 0 Å². The number of hydrogen-bond donors (Lipinski definition) is 4. The molecule has 1 heterocycles. The smallest absolute Gasteiger partial charge is 0.326 e. The number of carboxylic acids is 1. The summed E-state index contributed by atoms with van der Waals surface area (Å²) in [5, 5.41) is 14.9. The summed E-state index contributed by atoms with van der Waals surface area (Å²) < 4.78 is 5.33. The molecular formula is C21H18ClN3O6. The summed E-state index contributed by atoms with van der Waals surface area (Å²) >= 11 is 6.13. The first kappa shape index (κ1) is 21.8. The molecule has 0 saturated carbocycles. The number of amides is 3. The molecule has 9 nitrogen and oxygen atoms in total. The van der Waals surface area contributed by atoms with Crippen molar-refractivity contribution in [3.63, 3.8) is 0 Å². The van der Waals surface area contributed by atoms with Gasteiger partial charge < -0.3 is 25.9 Å². The maximum Gasteiger partial charge on any atom is 0.326 e. The molecule has 1 atom stereocenters. The van der Waals surface area contributed by atoms with Crippen LogP contribution in [0, 0.1) is 0 Å². The molecule has 3 amide bonds. The van der Waals surface area contributed by atoms with Crippen LogP contribution in [0.1, 0.15) is 32.7 Å². The van der Waals surface area contributed by atoms with Gasteiger partial charge in [0, 0.05) is 17.5 Å². The number of nitrogens with two attached hydrogens (primary N) is 1. The number of aliphatic carboxylic acids is 1. The lowest BCUT2D eigenvalue weighted by atomic mass is 10.1. The Balaban J connectivity index is 1.68. The molecule has 0 spiro atoms. The Morgan fingerprint density at radius 3 is 2.55 bits per heavy atom. The van der Waals surface area contributed by atoms with Crippen LogP contribution in [0.2, 0.25) is 5.02 Å². The number of carboxylic acid groups (broad SMARTS) is 1. The molecule has 5 N–H and O–H groups in total. The Bertz CT molecular complexity index is 1170. The van der Waals surface area contributed by atoms with E-state index in [2.05, 4.69) is 10.6 Å². The number of rotatable bonds is 8. The van der Waals surface area contributed by atoms with E-state index < -0.39 is 36.2 Å². The van der Waals surface area contributed by atoms with Gasteiger partial charge in [0.2, 0.25) is 5.91 Å². The summed E-state index contributed by atoms with van der Waals surface area (Å²) in [6, 6.07) is 9.81. The molecular weight excluding hydrogens is 426 g/mol. The first-order valence-electron chi connectivity index (χ1n) is 9.11. The predicted molar refractivity (Wildman–Crippen MR) is 112 cm³/mol. The highest BCUT2D eigenvalue weighted by Gasteiger charge is 2.24. The highest BCUT2D eigenvalue weighted by molar-refractivity contribution is 6.34. The summed E-state index contributed by atoms with van der Waals surface area (Å²) in [6.45, 7) is 0.253. The minimum Gasteiger partial charge on any atom is -0.480 e. The molecule has 0 radical (unpaired) electrons. The molecule has 0 bridgehead atoms. The average Bonchev–Trinajstić information content (AvgIpc) is 3.20. The molecule has 0 aliphatic rings. The lowest BCUT2D eigenvalue weighted by Gasteiger charge is -2.14. The third kappa shape index (κ3) is 5.20. The molecule has 0 fully saturated rings. The maximum absolute atomic E-state index is 12.5. The topological polar surface area (TPSA) is 152 Å². The predicted octanol–water partition coefficient (Wildman–Crippen LogP) is 2.07. The van der Waals surface area contributed by atoms with Crippen molar-refractivity contribution < 1.29 is 28.7 Å². The molecule has 0 aliphatic heterocycles. The van der Waals surface area contributed by atoms with E-state index >= 15 is 0 Å². The second-order valence-electron chi connectivity index (χ2n) is 6.66. The van der Waals surface area contributed by atoms with Gasteiger partial charge in [0.1, 0.15) is 11.6 Å². The van der Waals surface area contributed by atoms with E-state index in [0.717, 1.165) is 10.9 Å². The first-order valence-corrected chi connectivity index (χ1v) is 9.49. The molecule has 1 aromatic heterocycles. The van der Waals surface area contributed by atoms with E-state index in [1.165, 1.54) is 18.2 Å². The molecule has 0 saturated heterocycles. The zero-order valence-electron chi connectivity index (χ0n) is 16.1. The van der Waals surface area contributed by atoms with Crippen LogP contribution in [0.5, 0.6) is 0 Å². The van der Waals surface area contributed by atoms with Crippen LogP contribution in [0.4, 0.5) is 0 Å². The van der Waals surface area contributed by atoms with Crippen molar-refractivity contribution in [2.24, 2.45) is 5.73 Å². The van der Waals surface area contributed by atoms with E-state index in [1.54, 1.807) is 6.26 Å². The van der Waals surface area contributed by atoms with E-state index in [-0.39, 0.29) is 22.7 Å². The van der Waals surface area contributed by atoms with Crippen LogP contribution < -0.4 is 16.4 Å². The Kier molecular flexibility index (Phi) is 6.56. The zero-order chi connectivity index (χ0) is 22.5. The van der Waals surface area contributed by atoms with Gasteiger partial charge in [-0.2, -0.15) is 0 Å². The molecule has 0 aliphatic carbocycles. The third-order valence-corrected chi connectivity index (χ3v) is 4.82. The number of carbonyl (C=O) groups excluding carboxylic acids is 3. The third-order valence-electron chi connectivity index (χ3n) is 4.51. The number of carbonyl (C=O) groups is 4. The summed E-state index contributed by atoms with van der Waals surface area (Å²) in [5.74, 6) is -3.51. The van der Waals surface area contributed by atoms with Crippen molar-refractivity contribution in [3.8, 4) is 0 Å². The number of furan rings is 1. The van der Waals surface area contributed by atoms with Gasteiger partial charge in [0.25, 0.3) is 11.8 Å². The van der Waals surface area contributed by atoms with Crippen molar-refractivity contribution in [1.29, 1.82) is 0 Å². The van der Waals surface area contributed by atoms with Crippen molar-refractivity contribution in [2.45, 2.75) is 19.0 Å². The Morgan fingerprint density at radius 2 is 1.87 bits per heavy atom. The van der Waals surface area contributed by atoms with Crippen molar-refractivity contribution in [1.82, 2.24) is 10.6 Å². The molecule has 2 aromatic carbocycles. The molecule has 31 heavy (non-hydrogen) atoms. The molecule has 160 valence electrons. The fourth-order valence-electron chi connectivity index (χ4n) is 2.97. The van der Waals surface area contributed by atoms with Gasteiger partial charge in [-0.3, -0.25) is 14.4 Å². The number of fused-ring (bicyclic) bond motifs is 1. The molecule has 3 aromatic rings. The molecule has 3 rings (SSSR count).